The first kappa shape index (κ1) is 15.8. The van der Waals surface area contributed by atoms with Crippen molar-refractivity contribution in [2.45, 2.75) is 10.8 Å². The van der Waals surface area contributed by atoms with E-state index in [1.807, 2.05) is 24.3 Å². The van der Waals surface area contributed by atoms with E-state index in [1.165, 1.54) is 26.4 Å². The number of nitrogens with zero attached hydrogens (tertiary/aromatic N) is 2. The van der Waals surface area contributed by atoms with Gasteiger partial charge in [-0.15, -0.1) is 11.6 Å². The van der Waals surface area contributed by atoms with Gasteiger partial charge in [-0.3, -0.25) is 0 Å². The Morgan fingerprint density at radius 2 is 1.90 bits per heavy atom. The van der Waals surface area contributed by atoms with Gasteiger partial charge < -0.3 is 5.32 Å². The number of aromatic nitrogens is 1. The van der Waals surface area contributed by atoms with E-state index in [0.717, 1.165) is 15.6 Å². The molecule has 1 aromatic carbocycles. The SMILES string of the molecule is CN(C)S(=O)(=O)c1ccc(Nc2ccccc2CCl)nc1. The van der Waals surface area contributed by atoms with Crippen molar-refractivity contribution in [2.24, 2.45) is 0 Å². The van der Waals surface area contributed by atoms with E-state index in [4.69, 9.17) is 11.6 Å². The maximum atomic E-state index is 12.0. The molecule has 0 unspecified atom stereocenters. The van der Waals surface area contributed by atoms with Crippen LogP contribution in [0.1, 0.15) is 5.56 Å². The number of halogens is 1. The van der Waals surface area contributed by atoms with Crippen LogP contribution >= 0.6 is 11.6 Å². The lowest BCUT2D eigenvalue weighted by Gasteiger charge is -2.12. The van der Waals surface area contributed by atoms with Crippen LogP contribution in [0.4, 0.5) is 11.5 Å². The molecule has 0 saturated heterocycles. The van der Waals surface area contributed by atoms with Crippen molar-refractivity contribution in [3.8, 4) is 0 Å². The number of benzene rings is 1. The van der Waals surface area contributed by atoms with Crippen LogP contribution in [0.2, 0.25) is 0 Å². The van der Waals surface area contributed by atoms with Crippen LogP contribution in [0.3, 0.4) is 0 Å². The molecule has 2 aromatic rings. The number of para-hydroxylation sites is 1. The molecule has 0 aliphatic heterocycles. The van der Waals surface area contributed by atoms with Crippen LogP contribution in [-0.2, 0) is 15.9 Å². The molecule has 0 aliphatic rings. The predicted octanol–water partition coefficient (Wildman–Crippen LogP) is 2.81. The van der Waals surface area contributed by atoms with Crippen molar-refractivity contribution in [1.82, 2.24) is 9.29 Å². The molecule has 5 nitrogen and oxygen atoms in total. The quantitative estimate of drug-likeness (QED) is 0.859. The van der Waals surface area contributed by atoms with Crippen molar-refractivity contribution in [3.05, 3.63) is 48.2 Å². The zero-order chi connectivity index (χ0) is 15.5. The molecule has 112 valence electrons. The van der Waals surface area contributed by atoms with Gasteiger partial charge in [0.1, 0.15) is 10.7 Å². The Morgan fingerprint density at radius 1 is 1.19 bits per heavy atom. The third-order valence-corrected chi connectivity index (χ3v) is 5.03. The molecule has 0 fully saturated rings. The first-order valence-electron chi connectivity index (χ1n) is 6.24. The summed E-state index contributed by atoms with van der Waals surface area (Å²) in [7, 11) is -0.489. The predicted molar refractivity (Wildman–Crippen MR) is 84.4 cm³/mol. The zero-order valence-electron chi connectivity index (χ0n) is 11.7. The van der Waals surface area contributed by atoms with E-state index >= 15 is 0 Å². The van der Waals surface area contributed by atoms with E-state index in [9.17, 15) is 8.42 Å². The van der Waals surface area contributed by atoms with Gasteiger partial charge in [0.25, 0.3) is 0 Å². The molecular weight excluding hydrogens is 310 g/mol. The molecule has 0 radical (unpaired) electrons. The Kier molecular flexibility index (Phi) is 4.82. The second-order valence-corrected chi connectivity index (χ2v) is 7.00. The number of anilines is 2. The summed E-state index contributed by atoms with van der Waals surface area (Å²) in [6.45, 7) is 0. The molecule has 7 heteroatoms. The maximum Gasteiger partial charge on any atom is 0.244 e. The van der Waals surface area contributed by atoms with Crippen LogP contribution in [0, 0.1) is 0 Å². The van der Waals surface area contributed by atoms with Crippen LogP contribution in [-0.4, -0.2) is 31.8 Å². The first-order chi connectivity index (χ1) is 9.95. The molecule has 1 aromatic heterocycles. The molecule has 0 spiro atoms. The van der Waals surface area contributed by atoms with E-state index in [0.29, 0.717) is 11.7 Å². The average Bonchev–Trinajstić information content (AvgIpc) is 2.48. The molecule has 0 bridgehead atoms. The lowest BCUT2D eigenvalue weighted by Crippen LogP contribution is -2.22. The second-order valence-electron chi connectivity index (χ2n) is 4.58. The molecule has 0 amide bonds. The second kappa shape index (κ2) is 6.43. The van der Waals surface area contributed by atoms with Gasteiger partial charge in [-0.2, -0.15) is 0 Å². The number of pyridine rings is 1. The molecule has 2 rings (SSSR count). The molecule has 21 heavy (non-hydrogen) atoms. The fraction of sp³-hybridized carbons (Fsp3) is 0.214. The standard InChI is InChI=1S/C14H16ClN3O2S/c1-18(2)21(19,20)12-7-8-14(16-10-12)17-13-6-4-3-5-11(13)9-15/h3-8,10H,9H2,1-2H3,(H,16,17). The highest BCUT2D eigenvalue weighted by Crippen LogP contribution is 2.22. The third-order valence-electron chi connectivity index (χ3n) is 2.94. The van der Waals surface area contributed by atoms with Gasteiger partial charge in [0.05, 0.1) is 0 Å². The topological polar surface area (TPSA) is 62.3 Å². The first-order valence-corrected chi connectivity index (χ1v) is 8.22. The number of nitrogens with one attached hydrogen (secondary N) is 1. The highest BCUT2D eigenvalue weighted by Gasteiger charge is 2.17. The summed E-state index contributed by atoms with van der Waals surface area (Å²) >= 11 is 5.87. The fourth-order valence-corrected chi connectivity index (χ4v) is 2.80. The number of hydrogen-bond acceptors (Lipinski definition) is 4. The molecule has 1 N–H and O–H groups in total. The third kappa shape index (κ3) is 3.53. The van der Waals surface area contributed by atoms with E-state index in [1.54, 1.807) is 6.07 Å². The highest BCUT2D eigenvalue weighted by molar-refractivity contribution is 7.89. The Hall–Kier alpha value is -1.63. The summed E-state index contributed by atoms with van der Waals surface area (Å²) in [6, 6.07) is 10.8. The number of sulfonamides is 1. The minimum Gasteiger partial charge on any atom is -0.340 e. The summed E-state index contributed by atoms with van der Waals surface area (Å²) < 4.78 is 25.1. The largest absolute Gasteiger partial charge is 0.340 e. The lowest BCUT2D eigenvalue weighted by molar-refractivity contribution is 0.520. The van der Waals surface area contributed by atoms with E-state index in [2.05, 4.69) is 10.3 Å². The van der Waals surface area contributed by atoms with E-state index < -0.39 is 10.0 Å². The van der Waals surface area contributed by atoms with Gasteiger partial charge in [0, 0.05) is 31.9 Å². The number of rotatable bonds is 5. The Bertz CT molecular complexity index is 715. The smallest absolute Gasteiger partial charge is 0.244 e. The van der Waals surface area contributed by atoms with Gasteiger partial charge >= 0.3 is 0 Å². The van der Waals surface area contributed by atoms with Gasteiger partial charge in [0.15, 0.2) is 0 Å². The molecule has 0 saturated carbocycles. The van der Waals surface area contributed by atoms with Gasteiger partial charge in [-0.05, 0) is 23.8 Å². The Balaban J connectivity index is 2.24. The summed E-state index contributed by atoms with van der Waals surface area (Å²) in [4.78, 5) is 4.29. The maximum absolute atomic E-state index is 12.0. The molecular formula is C14H16ClN3O2S. The van der Waals surface area contributed by atoms with Crippen molar-refractivity contribution >= 4 is 33.1 Å². The van der Waals surface area contributed by atoms with E-state index in [-0.39, 0.29) is 4.90 Å². The van der Waals surface area contributed by atoms with Crippen molar-refractivity contribution < 1.29 is 8.42 Å². The minimum atomic E-state index is -3.46. The molecule has 0 atom stereocenters. The fourth-order valence-electron chi connectivity index (χ4n) is 1.71. The van der Waals surface area contributed by atoms with Crippen molar-refractivity contribution in [2.75, 3.05) is 19.4 Å². The summed E-state index contributed by atoms with van der Waals surface area (Å²) in [6.07, 6.45) is 1.33. The van der Waals surface area contributed by atoms with Crippen molar-refractivity contribution in [1.29, 1.82) is 0 Å². The monoisotopic (exact) mass is 325 g/mol. The Labute approximate surface area is 129 Å². The minimum absolute atomic E-state index is 0.156. The normalized spacial score (nSPS) is 11.6. The lowest BCUT2D eigenvalue weighted by atomic mass is 10.2. The molecule has 0 aliphatic carbocycles. The van der Waals surface area contributed by atoms with Crippen LogP contribution in [0.25, 0.3) is 0 Å². The summed E-state index contributed by atoms with van der Waals surface area (Å²) in [5.74, 6) is 0.946. The van der Waals surface area contributed by atoms with Crippen LogP contribution in [0.15, 0.2) is 47.5 Å². The zero-order valence-corrected chi connectivity index (χ0v) is 13.3. The average molecular weight is 326 g/mol. The van der Waals surface area contributed by atoms with Crippen LogP contribution in [0.5, 0.6) is 0 Å². The summed E-state index contributed by atoms with van der Waals surface area (Å²) in [5, 5.41) is 3.13. The van der Waals surface area contributed by atoms with Gasteiger partial charge in [0.2, 0.25) is 10.0 Å². The number of alkyl halides is 1. The highest BCUT2D eigenvalue weighted by atomic mass is 35.5. The summed E-state index contributed by atoms with van der Waals surface area (Å²) in [5.41, 5.74) is 1.80. The van der Waals surface area contributed by atoms with Crippen molar-refractivity contribution in [3.63, 3.8) is 0 Å². The Morgan fingerprint density at radius 3 is 2.48 bits per heavy atom. The van der Waals surface area contributed by atoms with Gasteiger partial charge in [-0.1, -0.05) is 18.2 Å². The number of hydrogen-bond donors (Lipinski definition) is 1. The van der Waals surface area contributed by atoms with Crippen LogP contribution < -0.4 is 5.32 Å². The van der Waals surface area contributed by atoms with Gasteiger partial charge in [-0.25, -0.2) is 17.7 Å². The molecule has 1 heterocycles.